The summed E-state index contributed by atoms with van der Waals surface area (Å²) in [5, 5.41) is 0. The van der Waals surface area contributed by atoms with Gasteiger partial charge in [0.2, 0.25) is 5.89 Å². The van der Waals surface area contributed by atoms with Gasteiger partial charge in [-0.2, -0.15) is 0 Å². The number of H-pyrrole nitrogens is 1. The Hall–Kier alpha value is -2.57. The molecule has 0 amide bonds. The summed E-state index contributed by atoms with van der Waals surface area (Å²) in [5.74, 6) is 1.81. The maximum absolute atomic E-state index is 5.87. The largest absolute Gasteiger partial charge is 0.444 e. The molecule has 3 N–H and O–H groups in total. The Bertz CT molecular complexity index is 654. The van der Waals surface area contributed by atoms with E-state index in [9.17, 15) is 0 Å². The number of nitrogens with zero attached hydrogens (tertiary/aromatic N) is 4. The highest BCUT2D eigenvalue weighted by Crippen LogP contribution is 2.18. The summed E-state index contributed by atoms with van der Waals surface area (Å²) in [6, 6.07) is 0.00589. The molecule has 0 fully saturated rings. The first-order valence-electron chi connectivity index (χ1n) is 6.35. The third-order valence-corrected chi connectivity index (χ3v) is 3.18. The maximum Gasteiger partial charge on any atom is 0.242 e. The fraction of sp³-hybridized carbons (Fsp3) is 0.308. The van der Waals surface area contributed by atoms with Gasteiger partial charge < -0.3 is 20.0 Å². The second-order valence-corrected chi connectivity index (χ2v) is 4.75. The molecule has 20 heavy (non-hydrogen) atoms. The Labute approximate surface area is 116 Å². The zero-order valence-electron chi connectivity index (χ0n) is 11.4. The molecule has 2 aromatic rings. The Morgan fingerprint density at radius 1 is 1.45 bits per heavy atom. The van der Waals surface area contributed by atoms with E-state index in [2.05, 4.69) is 24.8 Å². The van der Waals surface area contributed by atoms with Gasteiger partial charge in [-0.05, 0) is 13.8 Å². The molecule has 0 saturated carbocycles. The Balaban J connectivity index is 1.85. The number of oxazole rings is 1. The number of aromatic amines is 1. The summed E-state index contributed by atoms with van der Waals surface area (Å²) in [4.78, 5) is 18.0. The van der Waals surface area contributed by atoms with Crippen molar-refractivity contribution in [3.8, 4) is 0 Å². The lowest BCUT2D eigenvalue weighted by molar-refractivity contribution is 0.324. The van der Waals surface area contributed by atoms with Gasteiger partial charge in [-0.3, -0.25) is 0 Å². The summed E-state index contributed by atoms with van der Waals surface area (Å²) in [6.45, 7) is 4.62. The second kappa shape index (κ2) is 4.84. The summed E-state index contributed by atoms with van der Waals surface area (Å²) in [6.07, 6.45) is 6.74. The smallest absolute Gasteiger partial charge is 0.242 e. The quantitative estimate of drug-likeness (QED) is 0.874. The number of rotatable bonds is 3. The highest BCUT2D eigenvalue weighted by molar-refractivity contribution is 6.01. The number of aromatic nitrogens is 3. The zero-order chi connectivity index (χ0) is 14.1. The van der Waals surface area contributed by atoms with Crippen molar-refractivity contribution in [2.24, 2.45) is 10.7 Å². The third-order valence-electron chi connectivity index (χ3n) is 3.18. The number of aryl methyl sites for hydroxylation is 1. The fourth-order valence-corrected chi connectivity index (χ4v) is 2.18. The standard InChI is InChI=1S/C13H16N6O/c1-8-5-16-11(17-8)7-19-6-10(14)18-12(9(19)2)13-15-3-4-20-13/h3-6,9H,7,14H2,1-2H3,(H,16,17). The van der Waals surface area contributed by atoms with Gasteiger partial charge in [-0.15, -0.1) is 0 Å². The van der Waals surface area contributed by atoms with Gasteiger partial charge in [0.15, 0.2) is 0 Å². The van der Waals surface area contributed by atoms with Crippen LogP contribution in [0.25, 0.3) is 0 Å². The summed E-state index contributed by atoms with van der Waals surface area (Å²) in [7, 11) is 0. The number of nitrogens with one attached hydrogen (secondary N) is 1. The van der Waals surface area contributed by atoms with Gasteiger partial charge in [-0.25, -0.2) is 15.0 Å². The first-order valence-corrected chi connectivity index (χ1v) is 6.35. The average Bonchev–Trinajstić information content (AvgIpc) is 3.05. The van der Waals surface area contributed by atoms with Crippen LogP contribution in [0.2, 0.25) is 0 Å². The SMILES string of the molecule is Cc1cnc(CN2C=C(N)N=C(c3ncco3)C2C)[nH]1. The van der Waals surface area contributed by atoms with E-state index in [1.807, 2.05) is 20.0 Å². The Morgan fingerprint density at radius 2 is 2.30 bits per heavy atom. The third kappa shape index (κ3) is 2.29. The lowest BCUT2D eigenvalue weighted by Gasteiger charge is -2.30. The van der Waals surface area contributed by atoms with Crippen LogP contribution in [-0.4, -0.2) is 31.6 Å². The first kappa shape index (κ1) is 12.5. The minimum Gasteiger partial charge on any atom is -0.444 e. The minimum absolute atomic E-state index is 0.00589. The van der Waals surface area contributed by atoms with Gasteiger partial charge in [0.1, 0.15) is 23.6 Å². The van der Waals surface area contributed by atoms with Crippen LogP contribution in [0.1, 0.15) is 24.3 Å². The van der Waals surface area contributed by atoms with Crippen molar-refractivity contribution in [1.29, 1.82) is 0 Å². The van der Waals surface area contributed by atoms with E-state index < -0.39 is 0 Å². The van der Waals surface area contributed by atoms with Crippen molar-refractivity contribution >= 4 is 5.71 Å². The Morgan fingerprint density at radius 3 is 2.95 bits per heavy atom. The molecule has 104 valence electrons. The molecule has 0 bridgehead atoms. The second-order valence-electron chi connectivity index (χ2n) is 4.75. The molecule has 1 aliphatic heterocycles. The van der Waals surface area contributed by atoms with Crippen LogP contribution in [0.3, 0.4) is 0 Å². The topological polar surface area (TPSA) is 96.3 Å². The van der Waals surface area contributed by atoms with E-state index >= 15 is 0 Å². The summed E-state index contributed by atoms with van der Waals surface area (Å²) < 4.78 is 5.32. The number of imidazole rings is 1. The van der Waals surface area contributed by atoms with E-state index in [1.165, 1.54) is 6.26 Å². The van der Waals surface area contributed by atoms with Crippen molar-refractivity contribution in [3.05, 3.63) is 48.1 Å². The van der Waals surface area contributed by atoms with Crippen molar-refractivity contribution < 1.29 is 4.42 Å². The van der Waals surface area contributed by atoms with Crippen LogP contribution < -0.4 is 5.73 Å². The van der Waals surface area contributed by atoms with Crippen molar-refractivity contribution in [1.82, 2.24) is 19.9 Å². The molecule has 1 atom stereocenters. The molecule has 1 aliphatic rings. The highest BCUT2D eigenvalue weighted by atomic mass is 16.3. The zero-order valence-corrected chi connectivity index (χ0v) is 11.4. The molecule has 0 spiro atoms. The normalized spacial score (nSPS) is 18.9. The molecule has 0 saturated heterocycles. The molecule has 7 nitrogen and oxygen atoms in total. The highest BCUT2D eigenvalue weighted by Gasteiger charge is 2.26. The van der Waals surface area contributed by atoms with Gasteiger partial charge >= 0.3 is 0 Å². The number of hydrogen-bond acceptors (Lipinski definition) is 6. The lowest BCUT2D eigenvalue weighted by Crippen LogP contribution is -2.39. The van der Waals surface area contributed by atoms with Gasteiger partial charge in [-0.1, -0.05) is 0 Å². The predicted octanol–water partition coefficient (Wildman–Crippen LogP) is 1.16. The van der Waals surface area contributed by atoms with E-state index in [-0.39, 0.29) is 6.04 Å². The molecule has 3 heterocycles. The molecule has 0 aliphatic carbocycles. The molecule has 0 aromatic carbocycles. The molecular weight excluding hydrogens is 256 g/mol. The van der Waals surface area contributed by atoms with Crippen molar-refractivity contribution in [3.63, 3.8) is 0 Å². The first-order chi connectivity index (χ1) is 9.63. The number of nitrogens with two attached hydrogens (primary N) is 1. The van der Waals surface area contributed by atoms with Crippen LogP contribution in [0.4, 0.5) is 0 Å². The van der Waals surface area contributed by atoms with Crippen LogP contribution in [-0.2, 0) is 6.54 Å². The monoisotopic (exact) mass is 272 g/mol. The predicted molar refractivity (Wildman–Crippen MR) is 73.6 cm³/mol. The van der Waals surface area contributed by atoms with Crippen molar-refractivity contribution in [2.75, 3.05) is 0 Å². The molecule has 0 radical (unpaired) electrons. The van der Waals surface area contributed by atoms with Crippen molar-refractivity contribution in [2.45, 2.75) is 26.4 Å². The average molecular weight is 272 g/mol. The van der Waals surface area contributed by atoms with Gasteiger partial charge in [0.05, 0.1) is 18.8 Å². The molecule has 7 heteroatoms. The van der Waals surface area contributed by atoms with Gasteiger partial charge in [0.25, 0.3) is 0 Å². The van der Waals surface area contributed by atoms with E-state index in [4.69, 9.17) is 10.2 Å². The molecular formula is C13H16N6O. The van der Waals surface area contributed by atoms with E-state index in [1.54, 1.807) is 12.4 Å². The number of aliphatic imine (C=N–C) groups is 1. The lowest BCUT2D eigenvalue weighted by atomic mass is 10.1. The summed E-state index contributed by atoms with van der Waals surface area (Å²) >= 11 is 0. The fourth-order valence-electron chi connectivity index (χ4n) is 2.18. The van der Waals surface area contributed by atoms with Crippen LogP contribution in [0.5, 0.6) is 0 Å². The molecule has 1 unspecified atom stereocenters. The minimum atomic E-state index is 0.00589. The van der Waals surface area contributed by atoms with E-state index in [0.717, 1.165) is 17.2 Å². The maximum atomic E-state index is 5.87. The van der Waals surface area contributed by atoms with Crippen LogP contribution in [0, 0.1) is 6.92 Å². The van der Waals surface area contributed by atoms with E-state index in [0.29, 0.717) is 18.3 Å². The summed E-state index contributed by atoms with van der Waals surface area (Å²) in [5.41, 5.74) is 7.63. The molecule has 2 aromatic heterocycles. The Kier molecular flexibility index (Phi) is 3.02. The van der Waals surface area contributed by atoms with Crippen LogP contribution in [0.15, 0.2) is 40.1 Å². The molecule has 3 rings (SSSR count). The van der Waals surface area contributed by atoms with Gasteiger partial charge in [0, 0.05) is 18.1 Å². The number of hydrogen-bond donors (Lipinski definition) is 2. The van der Waals surface area contributed by atoms with Crippen LogP contribution >= 0.6 is 0 Å².